The number of carbonyl (C=O) groups excluding carboxylic acids is 1. The van der Waals surface area contributed by atoms with Gasteiger partial charge in [0.05, 0.1) is 0 Å². The lowest BCUT2D eigenvalue weighted by Gasteiger charge is -2.29. The summed E-state index contributed by atoms with van der Waals surface area (Å²) < 4.78 is 5.97. The van der Waals surface area contributed by atoms with E-state index >= 15 is 0 Å². The first-order chi connectivity index (χ1) is 13.1. The summed E-state index contributed by atoms with van der Waals surface area (Å²) in [5.41, 5.74) is 1.18. The van der Waals surface area contributed by atoms with Crippen molar-refractivity contribution in [1.82, 2.24) is 14.7 Å². The largest absolute Gasteiger partial charge is 0.483 e. The van der Waals surface area contributed by atoms with E-state index in [9.17, 15) is 4.79 Å². The predicted molar refractivity (Wildman–Crippen MR) is 109 cm³/mol. The van der Waals surface area contributed by atoms with Gasteiger partial charge in [0.2, 0.25) is 0 Å². The number of likely N-dealkylation sites (N-methyl/N-ethyl adjacent to an activating group) is 1. The molecule has 0 N–H and O–H groups in total. The van der Waals surface area contributed by atoms with Gasteiger partial charge in [0, 0.05) is 37.8 Å². The fourth-order valence-corrected chi connectivity index (χ4v) is 4.15. The van der Waals surface area contributed by atoms with Crippen molar-refractivity contribution in [3.63, 3.8) is 0 Å². The minimum absolute atomic E-state index is 0.118. The lowest BCUT2D eigenvalue weighted by atomic mass is 10.1. The molecule has 1 aromatic rings. The molecule has 0 spiro atoms. The highest BCUT2D eigenvalue weighted by Gasteiger charge is 2.21. The van der Waals surface area contributed by atoms with Gasteiger partial charge in [-0.1, -0.05) is 24.6 Å². The molecule has 2 heterocycles. The highest BCUT2D eigenvalue weighted by atomic mass is 16.5. The second-order valence-electron chi connectivity index (χ2n) is 8.19. The number of benzene rings is 1. The number of amides is 1. The minimum atomic E-state index is 0.118. The molecule has 1 amide bonds. The first kappa shape index (κ1) is 20.2. The predicted octanol–water partition coefficient (Wildman–Crippen LogP) is 2.99. The zero-order chi connectivity index (χ0) is 19.1. The number of hydrogen-bond donors (Lipinski definition) is 0. The molecule has 27 heavy (non-hydrogen) atoms. The van der Waals surface area contributed by atoms with Gasteiger partial charge in [-0.15, -0.1) is 0 Å². The molecule has 0 radical (unpaired) electrons. The molecule has 3 rings (SSSR count). The zero-order valence-corrected chi connectivity index (χ0v) is 17.0. The summed E-state index contributed by atoms with van der Waals surface area (Å²) in [4.78, 5) is 19.2. The summed E-state index contributed by atoms with van der Waals surface area (Å²) in [7, 11) is 4.36. The van der Waals surface area contributed by atoms with E-state index in [1.165, 1.54) is 31.2 Å². The number of rotatable bonds is 6. The van der Waals surface area contributed by atoms with E-state index in [0.717, 1.165) is 51.3 Å². The topological polar surface area (TPSA) is 36.0 Å². The molecule has 0 saturated carbocycles. The fourth-order valence-electron chi connectivity index (χ4n) is 4.15. The Bertz CT molecular complexity index is 599. The molecule has 5 heteroatoms. The van der Waals surface area contributed by atoms with Gasteiger partial charge in [-0.25, -0.2) is 0 Å². The Labute approximate surface area is 164 Å². The van der Waals surface area contributed by atoms with Crippen molar-refractivity contribution >= 4 is 5.91 Å². The SMILES string of the molecule is CN(C)[C@H]1CCCCN(Cc2ccccc2OCC(=O)N2CCCCC2)C1. The normalized spacial score (nSPS) is 21.9. The third kappa shape index (κ3) is 5.94. The van der Waals surface area contributed by atoms with E-state index in [-0.39, 0.29) is 12.5 Å². The van der Waals surface area contributed by atoms with Crippen LogP contribution in [0.5, 0.6) is 5.75 Å². The van der Waals surface area contributed by atoms with Crippen LogP contribution < -0.4 is 4.74 Å². The molecular weight excluding hydrogens is 338 g/mol. The monoisotopic (exact) mass is 373 g/mol. The number of likely N-dealkylation sites (tertiary alicyclic amines) is 2. The molecule has 2 aliphatic rings. The molecule has 2 saturated heterocycles. The Morgan fingerprint density at radius 3 is 2.59 bits per heavy atom. The van der Waals surface area contributed by atoms with Gasteiger partial charge in [-0.2, -0.15) is 0 Å². The van der Waals surface area contributed by atoms with Crippen molar-refractivity contribution in [2.75, 3.05) is 46.9 Å². The van der Waals surface area contributed by atoms with Crippen molar-refractivity contribution in [2.24, 2.45) is 0 Å². The smallest absolute Gasteiger partial charge is 0.260 e. The third-order valence-electron chi connectivity index (χ3n) is 5.89. The van der Waals surface area contributed by atoms with Crippen LogP contribution in [0.15, 0.2) is 24.3 Å². The first-order valence-corrected chi connectivity index (χ1v) is 10.5. The molecule has 2 aliphatic heterocycles. The van der Waals surface area contributed by atoms with Crippen LogP contribution in [-0.4, -0.2) is 73.5 Å². The third-order valence-corrected chi connectivity index (χ3v) is 5.89. The standard InChI is InChI=1S/C22H35N3O2/c1-23(2)20-11-6-9-13-24(17-20)16-19-10-4-5-12-21(19)27-18-22(26)25-14-7-3-8-15-25/h4-5,10,12,20H,3,6-9,11,13-18H2,1-2H3/t20-/m0/s1. The Morgan fingerprint density at radius 2 is 1.81 bits per heavy atom. The van der Waals surface area contributed by atoms with Crippen molar-refractivity contribution < 1.29 is 9.53 Å². The molecule has 0 aliphatic carbocycles. The summed E-state index contributed by atoms with van der Waals surface area (Å²) in [5.74, 6) is 0.973. The van der Waals surface area contributed by atoms with Crippen LogP contribution in [0.25, 0.3) is 0 Å². The summed E-state index contributed by atoms with van der Waals surface area (Å²) in [5, 5.41) is 0. The van der Waals surface area contributed by atoms with Crippen LogP contribution in [-0.2, 0) is 11.3 Å². The Kier molecular flexibility index (Phi) is 7.53. The summed E-state index contributed by atoms with van der Waals surface area (Å²) in [6.45, 7) is 5.02. The highest BCUT2D eigenvalue weighted by molar-refractivity contribution is 5.77. The van der Waals surface area contributed by atoms with Crippen LogP contribution in [0.1, 0.15) is 44.1 Å². The quantitative estimate of drug-likeness (QED) is 0.768. The number of para-hydroxylation sites is 1. The lowest BCUT2D eigenvalue weighted by Crippen LogP contribution is -2.39. The van der Waals surface area contributed by atoms with Crippen molar-refractivity contribution in [2.45, 2.75) is 51.1 Å². The van der Waals surface area contributed by atoms with Crippen LogP contribution >= 0.6 is 0 Å². The van der Waals surface area contributed by atoms with Crippen molar-refractivity contribution in [3.05, 3.63) is 29.8 Å². The van der Waals surface area contributed by atoms with Crippen LogP contribution in [0, 0.1) is 0 Å². The summed E-state index contributed by atoms with van der Waals surface area (Å²) >= 11 is 0. The maximum absolute atomic E-state index is 12.4. The van der Waals surface area contributed by atoms with Gasteiger partial charge < -0.3 is 14.5 Å². The second-order valence-corrected chi connectivity index (χ2v) is 8.19. The first-order valence-electron chi connectivity index (χ1n) is 10.5. The van der Waals surface area contributed by atoms with Crippen LogP contribution in [0.3, 0.4) is 0 Å². The highest BCUT2D eigenvalue weighted by Crippen LogP contribution is 2.23. The van der Waals surface area contributed by atoms with E-state index in [1.54, 1.807) is 0 Å². The molecule has 5 nitrogen and oxygen atoms in total. The van der Waals surface area contributed by atoms with Gasteiger partial charge in [0.25, 0.3) is 5.91 Å². The van der Waals surface area contributed by atoms with Gasteiger partial charge >= 0.3 is 0 Å². The summed E-state index contributed by atoms with van der Waals surface area (Å²) in [6, 6.07) is 8.81. The van der Waals surface area contributed by atoms with Crippen LogP contribution in [0.4, 0.5) is 0 Å². The summed E-state index contributed by atoms with van der Waals surface area (Å²) in [6.07, 6.45) is 7.28. The molecule has 150 valence electrons. The molecule has 1 aromatic carbocycles. The minimum Gasteiger partial charge on any atom is -0.483 e. The Hall–Kier alpha value is -1.59. The number of hydrogen-bond acceptors (Lipinski definition) is 4. The maximum atomic E-state index is 12.4. The van der Waals surface area contributed by atoms with Gasteiger partial charge in [0.15, 0.2) is 6.61 Å². The molecule has 1 atom stereocenters. The Balaban J connectivity index is 1.58. The van der Waals surface area contributed by atoms with Crippen molar-refractivity contribution in [3.8, 4) is 5.75 Å². The van der Waals surface area contributed by atoms with Gasteiger partial charge in [-0.3, -0.25) is 9.69 Å². The van der Waals surface area contributed by atoms with E-state index in [4.69, 9.17) is 4.74 Å². The number of nitrogens with zero attached hydrogens (tertiary/aromatic N) is 3. The lowest BCUT2D eigenvalue weighted by molar-refractivity contribution is -0.134. The number of carbonyl (C=O) groups is 1. The van der Waals surface area contributed by atoms with E-state index < -0.39 is 0 Å². The fraction of sp³-hybridized carbons (Fsp3) is 0.682. The number of ether oxygens (including phenoxy) is 1. The number of piperidine rings is 1. The average Bonchev–Trinajstić information content (AvgIpc) is 2.93. The molecular formula is C22H35N3O2. The van der Waals surface area contributed by atoms with Crippen molar-refractivity contribution in [1.29, 1.82) is 0 Å². The van der Waals surface area contributed by atoms with Gasteiger partial charge in [-0.05, 0) is 58.8 Å². The van der Waals surface area contributed by atoms with E-state index in [1.807, 2.05) is 17.0 Å². The van der Waals surface area contributed by atoms with Crippen LogP contribution in [0.2, 0.25) is 0 Å². The molecule has 2 fully saturated rings. The molecule has 0 bridgehead atoms. The second kappa shape index (κ2) is 10.1. The average molecular weight is 374 g/mol. The maximum Gasteiger partial charge on any atom is 0.260 e. The molecule has 0 unspecified atom stereocenters. The Morgan fingerprint density at radius 1 is 1.07 bits per heavy atom. The zero-order valence-electron chi connectivity index (χ0n) is 17.0. The van der Waals surface area contributed by atoms with Gasteiger partial charge in [0.1, 0.15) is 5.75 Å². The molecule has 0 aromatic heterocycles. The van der Waals surface area contributed by atoms with E-state index in [0.29, 0.717) is 6.04 Å². The van der Waals surface area contributed by atoms with E-state index in [2.05, 4.69) is 36.0 Å².